The summed E-state index contributed by atoms with van der Waals surface area (Å²) in [5.74, 6) is -1.05. The fourth-order valence-corrected chi connectivity index (χ4v) is 1.63. The van der Waals surface area contributed by atoms with Crippen molar-refractivity contribution in [3.8, 4) is 0 Å². The second-order valence-corrected chi connectivity index (χ2v) is 3.98. The average Bonchev–Trinajstić information content (AvgIpc) is 2.24. The second kappa shape index (κ2) is 7.52. The smallest absolute Gasteiger partial charge is 0.138 e. The van der Waals surface area contributed by atoms with Crippen LogP contribution in [0.4, 0.5) is 4.39 Å². The normalized spacial score (nSPS) is 11.4. The van der Waals surface area contributed by atoms with Gasteiger partial charge in [-0.05, 0) is 24.6 Å². The fourth-order valence-electron chi connectivity index (χ4n) is 1.30. The van der Waals surface area contributed by atoms with Crippen LogP contribution < -0.4 is 5.73 Å². The third kappa shape index (κ3) is 4.02. The van der Waals surface area contributed by atoms with E-state index in [1.165, 1.54) is 13.0 Å². The first-order valence-corrected chi connectivity index (χ1v) is 6.01. The molecule has 1 unspecified atom stereocenters. The molecular formula is C12H17BrFNO. The van der Waals surface area contributed by atoms with Gasteiger partial charge in [-0.15, -0.1) is 0 Å². The molecule has 0 aromatic heterocycles. The quantitative estimate of drug-likeness (QED) is 0.928. The predicted molar refractivity (Wildman–Crippen MR) is 67.9 cm³/mol. The van der Waals surface area contributed by atoms with E-state index >= 15 is 0 Å². The highest BCUT2D eigenvalue weighted by atomic mass is 79.9. The molecule has 0 saturated heterocycles. The van der Waals surface area contributed by atoms with Gasteiger partial charge in [0.1, 0.15) is 11.6 Å². The lowest BCUT2D eigenvalue weighted by atomic mass is 9.95. The lowest BCUT2D eigenvalue weighted by Crippen LogP contribution is -2.20. The third-order valence-electron chi connectivity index (χ3n) is 2.06. The predicted octanol–water partition coefficient (Wildman–Crippen LogP) is 3.25. The van der Waals surface area contributed by atoms with E-state index < -0.39 is 11.7 Å². The molecule has 0 saturated carbocycles. The van der Waals surface area contributed by atoms with Gasteiger partial charge in [0, 0.05) is 11.0 Å². The van der Waals surface area contributed by atoms with E-state index in [0.717, 1.165) is 0 Å². The van der Waals surface area contributed by atoms with Crippen LogP contribution in [0.1, 0.15) is 32.3 Å². The molecule has 2 nitrogen and oxygen atoms in total. The summed E-state index contributed by atoms with van der Waals surface area (Å²) < 4.78 is 14.1. The molecule has 0 bridgehead atoms. The number of carbonyl (C=O) groups excluding carboxylic acids is 1. The molecule has 4 heteroatoms. The maximum absolute atomic E-state index is 13.4. The third-order valence-corrected chi connectivity index (χ3v) is 2.56. The topological polar surface area (TPSA) is 43.1 Å². The Balaban J connectivity index is 0.00000106. The molecule has 2 N–H and O–H groups in total. The summed E-state index contributed by atoms with van der Waals surface area (Å²) in [4.78, 5) is 11.2. The summed E-state index contributed by atoms with van der Waals surface area (Å²) in [5, 5.41) is 0. The Kier molecular flexibility index (Phi) is 7.17. The van der Waals surface area contributed by atoms with Gasteiger partial charge in [0.2, 0.25) is 0 Å². The summed E-state index contributed by atoms with van der Waals surface area (Å²) >= 11 is 3.15. The minimum absolute atomic E-state index is 0.117. The van der Waals surface area contributed by atoms with Crippen molar-refractivity contribution in [1.29, 1.82) is 0 Å². The molecule has 1 rings (SSSR count). The molecule has 0 heterocycles. The van der Waals surface area contributed by atoms with E-state index in [4.69, 9.17) is 5.73 Å². The van der Waals surface area contributed by atoms with Crippen molar-refractivity contribution in [2.45, 2.75) is 26.7 Å². The van der Waals surface area contributed by atoms with Gasteiger partial charge < -0.3 is 5.73 Å². The van der Waals surface area contributed by atoms with Gasteiger partial charge in [-0.3, -0.25) is 4.79 Å². The van der Waals surface area contributed by atoms with Crippen LogP contribution in [-0.4, -0.2) is 12.3 Å². The molecule has 90 valence electrons. The van der Waals surface area contributed by atoms with Crippen molar-refractivity contribution < 1.29 is 9.18 Å². The van der Waals surface area contributed by atoms with Crippen LogP contribution >= 0.6 is 15.9 Å². The summed E-state index contributed by atoms with van der Waals surface area (Å²) in [5.41, 5.74) is 5.78. The van der Waals surface area contributed by atoms with Crippen LogP contribution in [0.3, 0.4) is 0 Å². The number of ketones is 1. The molecule has 0 aliphatic carbocycles. The highest BCUT2D eigenvalue weighted by molar-refractivity contribution is 9.10. The minimum Gasteiger partial charge on any atom is -0.329 e. The molecular weight excluding hydrogens is 273 g/mol. The lowest BCUT2D eigenvalue weighted by molar-refractivity contribution is -0.118. The van der Waals surface area contributed by atoms with Crippen LogP contribution in [-0.2, 0) is 4.79 Å². The van der Waals surface area contributed by atoms with Crippen LogP contribution in [0.25, 0.3) is 0 Å². The Hall–Kier alpha value is -0.740. The molecule has 1 atom stereocenters. The Bertz CT molecular complexity index is 355. The summed E-state index contributed by atoms with van der Waals surface area (Å²) in [6.45, 7) is 5.55. The van der Waals surface area contributed by atoms with E-state index in [-0.39, 0.29) is 12.3 Å². The molecule has 1 aromatic carbocycles. The van der Waals surface area contributed by atoms with Crippen molar-refractivity contribution in [3.05, 3.63) is 34.1 Å². The number of Topliss-reactive ketones (excluding diaryl/α,β-unsaturated/α-hetero) is 1. The Morgan fingerprint density at radius 2 is 2.06 bits per heavy atom. The summed E-state index contributed by atoms with van der Waals surface area (Å²) in [7, 11) is 0. The molecule has 0 aliphatic heterocycles. The van der Waals surface area contributed by atoms with Crippen molar-refractivity contribution in [2.24, 2.45) is 5.73 Å². The van der Waals surface area contributed by atoms with Gasteiger partial charge in [-0.1, -0.05) is 35.8 Å². The van der Waals surface area contributed by atoms with E-state index in [0.29, 0.717) is 10.0 Å². The molecule has 0 aliphatic rings. The molecule has 1 aromatic rings. The second-order valence-electron chi connectivity index (χ2n) is 3.06. The standard InChI is InChI=1S/C10H11BrFNO.C2H6/c1-6(14)9(5-13)8-3-2-7(11)4-10(8)12;1-2/h2-4,9H,5,13H2,1H3;1-2H3. The number of carbonyl (C=O) groups is 1. The summed E-state index contributed by atoms with van der Waals surface area (Å²) in [6.07, 6.45) is 0. The van der Waals surface area contributed by atoms with Crippen molar-refractivity contribution in [2.75, 3.05) is 6.54 Å². The number of hydrogen-bond donors (Lipinski definition) is 1. The highest BCUT2D eigenvalue weighted by Crippen LogP contribution is 2.22. The number of halogens is 2. The Morgan fingerprint density at radius 3 is 2.44 bits per heavy atom. The number of rotatable bonds is 3. The first kappa shape index (κ1) is 15.3. The Labute approximate surface area is 104 Å². The van der Waals surface area contributed by atoms with Crippen LogP contribution in [0.2, 0.25) is 0 Å². The Morgan fingerprint density at radius 1 is 1.50 bits per heavy atom. The SMILES string of the molecule is CC.CC(=O)C(CN)c1ccc(Br)cc1F. The van der Waals surface area contributed by atoms with Gasteiger partial charge in [-0.2, -0.15) is 0 Å². The van der Waals surface area contributed by atoms with Crippen molar-refractivity contribution >= 4 is 21.7 Å². The molecule has 0 spiro atoms. The molecule has 0 fully saturated rings. The van der Waals surface area contributed by atoms with Gasteiger partial charge in [0.05, 0.1) is 5.92 Å². The van der Waals surface area contributed by atoms with E-state index in [1.807, 2.05) is 13.8 Å². The van der Waals surface area contributed by atoms with Gasteiger partial charge in [-0.25, -0.2) is 4.39 Å². The number of hydrogen-bond acceptors (Lipinski definition) is 2. The average molecular weight is 290 g/mol. The van der Waals surface area contributed by atoms with Crippen LogP contribution in [0.5, 0.6) is 0 Å². The minimum atomic E-state index is -0.539. The van der Waals surface area contributed by atoms with E-state index in [9.17, 15) is 9.18 Å². The monoisotopic (exact) mass is 289 g/mol. The molecule has 0 radical (unpaired) electrons. The zero-order valence-corrected chi connectivity index (χ0v) is 11.3. The maximum atomic E-state index is 13.4. The number of benzene rings is 1. The highest BCUT2D eigenvalue weighted by Gasteiger charge is 2.18. The van der Waals surface area contributed by atoms with Crippen LogP contribution in [0.15, 0.2) is 22.7 Å². The lowest BCUT2D eigenvalue weighted by Gasteiger charge is -2.12. The zero-order valence-electron chi connectivity index (χ0n) is 9.76. The first-order chi connectivity index (χ1) is 7.56. The first-order valence-electron chi connectivity index (χ1n) is 5.21. The van der Waals surface area contributed by atoms with Gasteiger partial charge >= 0.3 is 0 Å². The van der Waals surface area contributed by atoms with Gasteiger partial charge in [0.25, 0.3) is 0 Å². The van der Waals surface area contributed by atoms with Crippen LogP contribution in [0, 0.1) is 5.82 Å². The fraction of sp³-hybridized carbons (Fsp3) is 0.417. The largest absolute Gasteiger partial charge is 0.329 e. The molecule has 16 heavy (non-hydrogen) atoms. The summed E-state index contributed by atoms with van der Waals surface area (Å²) in [6, 6.07) is 4.61. The van der Waals surface area contributed by atoms with E-state index in [1.54, 1.807) is 12.1 Å². The van der Waals surface area contributed by atoms with Crippen molar-refractivity contribution in [1.82, 2.24) is 0 Å². The zero-order chi connectivity index (χ0) is 12.7. The number of nitrogens with two attached hydrogens (primary N) is 1. The van der Waals surface area contributed by atoms with Gasteiger partial charge in [0.15, 0.2) is 0 Å². The van der Waals surface area contributed by atoms with Crippen molar-refractivity contribution in [3.63, 3.8) is 0 Å². The molecule has 0 amide bonds. The maximum Gasteiger partial charge on any atom is 0.138 e. The van der Waals surface area contributed by atoms with E-state index in [2.05, 4.69) is 15.9 Å².